The number of allylic oxidation sites excluding steroid dienone is 3. The summed E-state index contributed by atoms with van der Waals surface area (Å²) in [4.78, 5) is 30.4. The summed E-state index contributed by atoms with van der Waals surface area (Å²) < 4.78 is 5.86. The molecule has 0 radical (unpaired) electrons. The van der Waals surface area contributed by atoms with Gasteiger partial charge < -0.3 is 20.4 Å². The van der Waals surface area contributed by atoms with E-state index in [1.54, 1.807) is 42.5 Å². The zero-order chi connectivity index (χ0) is 20.2. The van der Waals surface area contributed by atoms with E-state index in [0.717, 1.165) is 23.2 Å². The van der Waals surface area contributed by atoms with E-state index >= 15 is 0 Å². The van der Waals surface area contributed by atoms with Crippen LogP contribution in [0, 0.1) is 0 Å². The van der Waals surface area contributed by atoms with Crippen molar-refractivity contribution < 1.29 is 14.3 Å². The summed E-state index contributed by atoms with van der Waals surface area (Å²) >= 11 is 0. The fourth-order valence-electron chi connectivity index (χ4n) is 2.87. The number of aromatic amines is 1. The SMILES string of the molecule is CC(=O)Nc1nc2ccc(Oc3ccc(NC(=O)NC4=CC=CC4)cc3)cc2[nH]1. The van der Waals surface area contributed by atoms with Crippen LogP contribution in [0.1, 0.15) is 13.3 Å². The molecule has 0 saturated heterocycles. The lowest BCUT2D eigenvalue weighted by atomic mass is 10.3. The number of carbonyl (C=O) groups excluding carboxylic acids is 2. The molecule has 8 heteroatoms. The van der Waals surface area contributed by atoms with Crippen molar-refractivity contribution in [3.8, 4) is 11.5 Å². The van der Waals surface area contributed by atoms with Gasteiger partial charge in [0.2, 0.25) is 11.9 Å². The summed E-state index contributed by atoms with van der Waals surface area (Å²) in [5, 5.41) is 8.19. The van der Waals surface area contributed by atoms with Gasteiger partial charge in [-0.2, -0.15) is 0 Å². The van der Waals surface area contributed by atoms with Crippen LogP contribution in [0.2, 0.25) is 0 Å². The number of hydrogen-bond acceptors (Lipinski definition) is 4. The molecule has 1 aliphatic rings. The Kier molecular flexibility index (Phi) is 4.98. The van der Waals surface area contributed by atoms with Crippen molar-refractivity contribution >= 4 is 34.6 Å². The molecular weight excluding hydrogens is 370 g/mol. The van der Waals surface area contributed by atoms with Crippen LogP contribution >= 0.6 is 0 Å². The molecule has 1 aromatic heterocycles. The Morgan fingerprint density at radius 2 is 1.83 bits per heavy atom. The van der Waals surface area contributed by atoms with E-state index in [1.807, 2.05) is 18.2 Å². The summed E-state index contributed by atoms with van der Waals surface area (Å²) in [5.74, 6) is 1.44. The number of H-pyrrole nitrogens is 1. The lowest BCUT2D eigenvalue weighted by Crippen LogP contribution is -2.27. The predicted molar refractivity (Wildman–Crippen MR) is 111 cm³/mol. The molecule has 0 spiro atoms. The van der Waals surface area contributed by atoms with Gasteiger partial charge in [0.25, 0.3) is 0 Å². The normalized spacial score (nSPS) is 12.5. The number of hydrogen-bond donors (Lipinski definition) is 4. The number of anilines is 2. The second-order valence-corrected chi connectivity index (χ2v) is 6.48. The first kappa shape index (κ1) is 18.3. The molecule has 0 fully saturated rings. The van der Waals surface area contributed by atoms with Crippen LogP contribution in [0.4, 0.5) is 16.4 Å². The average Bonchev–Trinajstić information content (AvgIpc) is 3.31. The first-order valence-corrected chi connectivity index (χ1v) is 9.04. The van der Waals surface area contributed by atoms with Crippen LogP contribution < -0.4 is 20.7 Å². The Bertz CT molecular complexity index is 1130. The highest BCUT2D eigenvalue weighted by molar-refractivity contribution is 5.91. The van der Waals surface area contributed by atoms with Crippen molar-refractivity contribution in [3.05, 3.63) is 66.4 Å². The maximum Gasteiger partial charge on any atom is 0.323 e. The van der Waals surface area contributed by atoms with E-state index in [0.29, 0.717) is 23.1 Å². The molecule has 1 aliphatic carbocycles. The third-order valence-electron chi connectivity index (χ3n) is 4.14. The number of amides is 3. The Labute approximate surface area is 166 Å². The summed E-state index contributed by atoms with van der Waals surface area (Å²) in [6, 6.07) is 12.2. The molecule has 0 unspecified atom stereocenters. The highest BCUT2D eigenvalue weighted by atomic mass is 16.5. The van der Waals surface area contributed by atoms with Gasteiger partial charge >= 0.3 is 6.03 Å². The maximum absolute atomic E-state index is 12.0. The molecule has 0 saturated carbocycles. The largest absolute Gasteiger partial charge is 0.457 e. The molecule has 4 rings (SSSR count). The predicted octanol–water partition coefficient (Wildman–Crippen LogP) is 4.28. The standard InChI is InChI=1S/C21H19N5O3/c1-13(27)22-20-25-18-11-10-17(12-19(18)26-20)29-16-8-6-15(7-9-16)24-21(28)23-14-4-2-3-5-14/h2-4,6-12H,5H2,1H3,(H2,23,24,28)(H2,22,25,26,27). The van der Waals surface area contributed by atoms with Crippen molar-refractivity contribution in [2.75, 3.05) is 10.6 Å². The van der Waals surface area contributed by atoms with Gasteiger partial charge in [0.1, 0.15) is 11.5 Å². The molecule has 29 heavy (non-hydrogen) atoms. The van der Waals surface area contributed by atoms with Crippen LogP contribution in [-0.2, 0) is 4.79 Å². The molecule has 2 aromatic carbocycles. The molecule has 0 aliphatic heterocycles. The number of rotatable bonds is 5. The zero-order valence-electron chi connectivity index (χ0n) is 15.7. The fraction of sp³-hybridized carbons (Fsp3) is 0.0952. The molecule has 1 heterocycles. The lowest BCUT2D eigenvalue weighted by Gasteiger charge is -2.09. The fourth-order valence-corrected chi connectivity index (χ4v) is 2.87. The minimum absolute atomic E-state index is 0.195. The van der Waals surface area contributed by atoms with Crippen molar-refractivity contribution in [2.24, 2.45) is 0 Å². The number of benzene rings is 2. The van der Waals surface area contributed by atoms with Crippen molar-refractivity contribution in [1.82, 2.24) is 15.3 Å². The second-order valence-electron chi connectivity index (χ2n) is 6.48. The Morgan fingerprint density at radius 3 is 2.55 bits per heavy atom. The van der Waals surface area contributed by atoms with Crippen LogP contribution in [0.3, 0.4) is 0 Å². The summed E-state index contributed by atoms with van der Waals surface area (Å²) in [6.45, 7) is 1.42. The molecule has 3 amide bonds. The number of ether oxygens (including phenoxy) is 1. The first-order chi connectivity index (χ1) is 14.0. The smallest absolute Gasteiger partial charge is 0.323 e. The van der Waals surface area contributed by atoms with Crippen LogP contribution in [0.25, 0.3) is 11.0 Å². The Balaban J connectivity index is 1.39. The first-order valence-electron chi connectivity index (χ1n) is 9.04. The number of urea groups is 1. The van der Waals surface area contributed by atoms with Gasteiger partial charge in [-0.05, 0) is 42.5 Å². The number of carbonyl (C=O) groups is 2. The van der Waals surface area contributed by atoms with E-state index in [9.17, 15) is 9.59 Å². The third-order valence-corrected chi connectivity index (χ3v) is 4.14. The summed E-state index contributed by atoms with van der Waals surface area (Å²) in [6.07, 6.45) is 6.48. The molecule has 3 aromatic rings. The lowest BCUT2D eigenvalue weighted by molar-refractivity contribution is -0.114. The van der Waals surface area contributed by atoms with Gasteiger partial charge in [-0.1, -0.05) is 12.2 Å². The third kappa shape index (κ3) is 4.62. The van der Waals surface area contributed by atoms with Gasteiger partial charge in [0, 0.05) is 30.8 Å². The number of aromatic nitrogens is 2. The zero-order valence-corrected chi connectivity index (χ0v) is 15.7. The van der Waals surface area contributed by atoms with Gasteiger partial charge in [-0.15, -0.1) is 0 Å². The summed E-state index contributed by atoms with van der Waals surface area (Å²) in [5.41, 5.74) is 2.99. The maximum atomic E-state index is 12.0. The van der Waals surface area contributed by atoms with Crippen LogP contribution in [0.15, 0.2) is 66.4 Å². The quantitative estimate of drug-likeness (QED) is 0.522. The van der Waals surface area contributed by atoms with E-state index < -0.39 is 0 Å². The van der Waals surface area contributed by atoms with E-state index in [-0.39, 0.29) is 11.9 Å². The number of nitrogens with zero attached hydrogens (tertiary/aromatic N) is 1. The molecule has 0 bridgehead atoms. The van der Waals surface area contributed by atoms with Gasteiger partial charge in [-0.3, -0.25) is 10.1 Å². The van der Waals surface area contributed by atoms with Crippen LogP contribution in [0.5, 0.6) is 11.5 Å². The molecule has 4 N–H and O–H groups in total. The van der Waals surface area contributed by atoms with Crippen molar-refractivity contribution in [2.45, 2.75) is 13.3 Å². The summed E-state index contributed by atoms with van der Waals surface area (Å²) in [7, 11) is 0. The van der Waals surface area contributed by atoms with Crippen LogP contribution in [-0.4, -0.2) is 21.9 Å². The number of imidazole rings is 1. The molecular formula is C21H19N5O3. The number of fused-ring (bicyclic) bond motifs is 1. The topological polar surface area (TPSA) is 108 Å². The highest BCUT2D eigenvalue weighted by Crippen LogP contribution is 2.26. The van der Waals surface area contributed by atoms with Gasteiger partial charge in [0.15, 0.2) is 0 Å². The molecule has 0 atom stereocenters. The van der Waals surface area contributed by atoms with Crippen molar-refractivity contribution in [3.63, 3.8) is 0 Å². The highest BCUT2D eigenvalue weighted by Gasteiger charge is 2.08. The Morgan fingerprint density at radius 1 is 1.03 bits per heavy atom. The minimum Gasteiger partial charge on any atom is -0.457 e. The van der Waals surface area contributed by atoms with E-state index in [1.165, 1.54) is 6.92 Å². The Hall–Kier alpha value is -4.07. The molecule has 146 valence electrons. The van der Waals surface area contributed by atoms with Gasteiger partial charge in [0.05, 0.1) is 11.0 Å². The van der Waals surface area contributed by atoms with E-state index in [4.69, 9.17) is 4.74 Å². The monoisotopic (exact) mass is 389 g/mol. The number of nitrogens with one attached hydrogen (secondary N) is 4. The molecule has 8 nitrogen and oxygen atoms in total. The minimum atomic E-state index is -0.284. The van der Waals surface area contributed by atoms with Crippen molar-refractivity contribution in [1.29, 1.82) is 0 Å². The second kappa shape index (κ2) is 7.89. The van der Waals surface area contributed by atoms with E-state index in [2.05, 4.69) is 25.9 Å². The average molecular weight is 389 g/mol. The van der Waals surface area contributed by atoms with Gasteiger partial charge in [-0.25, -0.2) is 9.78 Å².